The number of aromatic amines is 1. The lowest BCUT2D eigenvalue weighted by Crippen LogP contribution is -2.12. The van der Waals surface area contributed by atoms with E-state index in [0.29, 0.717) is 23.8 Å². The van der Waals surface area contributed by atoms with Crippen LogP contribution in [0.1, 0.15) is 54.2 Å². The van der Waals surface area contributed by atoms with Gasteiger partial charge in [-0.05, 0) is 30.0 Å². The molecule has 4 N–H and O–H groups in total. The van der Waals surface area contributed by atoms with Crippen molar-refractivity contribution in [3.8, 4) is 0 Å². The summed E-state index contributed by atoms with van der Waals surface area (Å²) in [5.41, 5.74) is 8.18. The summed E-state index contributed by atoms with van der Waals surface area (Å²) in [6, 6.07) is 9.14. The number of aromatic nitrogens is 2. The van der Waals surface area contributed by atoms with E-state index in [9.17, 15) is 4.79 Å². The lowest BCUT2D eigenvalue weighted by atomic mass is 10.0. The van der Waals surface area contributed by atoms with E-state index in [1.165, 1.54) is 0 Å². The van der Waals surface area contributed by atoms with Gasteiger partial charge in [0.2, 0.25) is 0 Å². The van der Waals surface area contributed by atoms with Gasteiger partial charge in [-0.15, -0.1) is 0 Å². The SMILES string of the molecule is CCCC(C)c1cc(NC(=O)c2ccc(CN)cc2)n[nH]1. The van der Waals surface area contributed by atoms with Crippen LogP contribution in [0.5, 0.6) is 0 Å². The molecule has 0 radical (unpaired) electrons. The third-order valence-electron chi connectivity index (χ3n) is 3.54. The quantitative estimate of drug-likeness (QED) is 0.763. The molecule has 0 saturated carbocycles. The minimum atomic E-state index is -0.167. The summed E-state index contributed by atoms with van der Waals surface area (Å²) in [5.74, 6) is 0.803. The number of carbonyl (C=O) groups excluding carboxylic acids is 1. The van der Waals surface area contributed by atoms with E-state index >= 15 is 0 Å². The fourth-order valence-electron chi connectivity index (χ4n) is 2.22. The van der Waals surface area contributed by atoms with Crippen LogP contribution in [-0.4, -0.2) is 16.1 Å². The van der Waals surface area contributed by atoms with Gasteiger partial charge in [0.15, 0.2) is 5.82 Å². The largest absolute Gasteiger partial charge is 0.326 e. The van der Waals surface area contributed by atoms with Crippen molar-refractivity contribution in [2.45, 2.75) is 39.2 Å². The van der Waals surface area contributed by atoms with Gasteiger partial charge in [-0.3, -0.25) is 9.89 Å². The summed E-state index contributed by atoms with van der Waals surface area (Å²) in [6.45, 7) is 4.77. The summed E-state index contributed by atoms with van der Waals surface area (Å²) < 4.78 is 0. The summed E-state index contributed by atoms with van der Waals surface area (Å²) in [4.78, 5) is 12.1. The average Bonchev–Trinajstić information content (AvgIpc) is 2.96. The van der Waals surface area contributed by atoms with E-state index < -0.39 is 0 Å². The highest BCUT2D eigenvalue weighted by Crippen LogP contribution is 2.20. The highest BCUT2D eigenvalue weighted by atomic mass is 16.1. The molecule has 1 aromatic carbocycles. The van der Waals surface area contributed by atoms with Crippen LogP contribution in [0, 0.1) is 0 Å². The van der Waals surface area contributed by atoms with Gasteiger partial charge in [0.25, 0.3) is 5.91 Å². The number of nitrogens with two attached hydrogens (primary N) is 1. The molecule has 21 heavy (non-hydrogen) atoms. The topological polar surface area (TPSA) is 83.8 Å². The Morgan fingerprint density at radius 1 is 1.38 bits per heavy atom. The van der Waals surface area contributed by atoms with Crippen molar-refractivity contribution in [3.05, 3.63) is 47.2 Å². The predicted molar refractivity (Wildman–Crippen MR) is 84.2 cm³/mol. The maximum absolute atomic E-state index is 12.1. The van der Waals surface area contributed by atoms with Gasteiger partial charge in [-0.25, -0.2) is 0 Å². The smallest absolute Gasteiger partial charge is 0.256 e. The number of nitrogens with zero attached hydrogens (tertiary/aromatic N) is 1. The number of amides is 1. The fourth-order valence-corrected chi connectivity index (χ4v) is 2.22. The van der Waals surface area contributed by atoms with Crippen molar-refractivity contribution in [2.24, 2.45) is 5.73 Å². The molecule has 0 aliphatic carbocycles. The van der Waals surface area contributed by atoms with E-state index in [0.717, 1.165) is 24.1 Å². The minimum absolute atomic E-state index is 0.167. The molecule has 112 valence electrons. The molecule has 0 aliphatic heterocycles. The lowest BCUT2D eigenvalue weighted by Gasteiger charge is -2.05. The Hall–Kier alpha value is -2.14. The Morgan fingerprint density at radius 3 is 2.71 bits per heavy atom. The Morgan fingerprint density at radius 2 is 2.10 bits per heavy atom. The molecule has 0 saturated heterocycles. The van der Waals surface area contributed by atoms with Crippen LogP contribution < -0.4 is 11.1 Å². The maximum Gasteiger partial charge on any atom is 0.256 e. The van der Waals surface area contributed by atoms with E-state index in [4.69, 9.17) is 5.73 Å². The van der Waals surface area contributed by atoms with Gasteiger partial charge in [0.1, 0.15) is 0 Å². The van der Waals surface area contributed by atoms with Crippen molar-refractivity contribution in [2.75, 3.05) is 5.32 Å². The second kappa shape index (κ2) is 7.04. The zero-order valence-corrected chi connectivity index (χ0v) is 12.5. The first-order valence-electron chi connectivity index (χ1n) is 7.29. The summed E-state index contributed by atoms with van der Waals surface area (Å²) in [7, 11) is 0. The molecule has 2 rings (SSSR count). The van der Waals surface area contributed by atoms with Gasteiger partial charge in [0.05, 0.1) is 0 Å². The molecule has 5 heteroatoms. The first kappa shape index (κ1) is 15.3. The van der Waals surface area contributed by atoms with Gasteiger partial charge < -0.3 is 11.1 Å². The molecule has 1 unspecified atom stereocenters. The Labute approximate surface area is 124 Å². The third-order valence-corrected chi connectivity index (χ3v) is 3.54. The van der Waals surface area contributed by atoms with Gasteiger partial charge in [-0.1, -0.05) is 32.4 Å². The Kier molecular flexibility index (Phi) is 5.11. The number of anilines is 1. The van der Waals surface area contributed by atoms with Crippen LogP contribution in [0.3, 0.4) is 0 Å². The number of rotatable bonds is 6. The Balaban J connectivity index is 2.02. The van der Waals surface area contributed by atoms with Crippen LogP contribution in [0.4, 0.5) is 5.82 Å². The second-order valence-electron chi connectivity index (χ2n) is 5.25. The highest BCUT2D eigenvalue weighted by Gasteiger charge is 2.11. The molecule has 5 nitrogen and oxygen atoms in total. The number of carbonyl (C=O) groups is 1. The monoisotopic (exact) mass is 286 g/mol. The molecule has 2 aromatic rings. The number of H-pyrrole nitrogens is 1. The summed E-state index contributed by atoms with van der Waals surface area (Å²) in [6.07, 6.45) is 2.21. The predicted octanol–water partition coefficient (Wildman–Crippen LogP) is 3.02. The van der Waals surface area contributed by atoms with Gasteiger partial charge in [-0.2, -0.15) is 5.10 Å². The lowest BCUT2D eigenvalue weighted by molar-refractivity contribution is 0.102. The first-order chi connectivity index (χ1) is 10.1. The van der Waals surface area contributed by atoms with Crippen molar-refractivity contribution in [3.63, 3.8) is 0 Å². The molecule has 1 amide bonds. The highest BCUT2D eigenvalue weighted by molar-refractivity contribution is 6.03. The standard InChI is InChI=1S/C16H22N4O/c1-3-4-11(2)14-9-15(20-19-14)18-16(21)13-7-5-12(10-17)6-8-13/h5-9,11H,3-4,10,17H2,1-2H3,(H2,18,19,20,21). The number of benzene rings is 1. The van der Waals surface area contributed by atoms with Crippen LogP contribution >= 0.6 is 0 Å². The summed E-state index contributed by atoms with van der Waals surface area (Å²) in [5, 5.41) is 9.93. The first-order valence-corrected chi connectivity index (χ1v) is 7.29. The maximum atomic E-state index is 12.1. The zero-order chi connectivity index (χ0) is 15.2. The third kappa shape index (κ3) is 3.92. The zero-order valence-electron chi connectivity index (χ0n) is 12.5. The normalized spacial score (nSPS) is 12.1. The van der Waals surface area contributed by atoms with Crippen LogP contribution in [0.15, 0.2) is 30.3 Å². The van der Waals surface area contributed by atoms with Crippen molar-refractivity contribution >= 4 is 11.7 Å². The van der Waals surface area contributed by atoms with Crippen molar-refractivity contribution in [1.29, 1.82) is 0 Å². The van der Waals surface area contributed by atoms with Gasteiger partial charge in [0, 0.05) is 23.9 Å². The fraction of sp³-hybridized carbons (Fsp3) is 0.375. The van der Waals surface area contributed by atoms with E-state index in [1.807, 2.05) is 18.2 Å². The molecule has 0 fully saturated rings. The number of nitrogens with one attached hydrogen (secondary N) is 2. The number of hydrogen-bond acceptors (Lipinski definition) is 3. The van der Waals surface area contributed by atoms with Crippen LogP contribution in [-0.2, 0) is 6.54 Å². The van der Waals surface area contributed by atoms with Crippen molar-refractivity contribution in [1.82, 2.24) is 10.2 Å². The minimum Gasteiger partial charge on any atom is -0.326 e. The van der Waals surface area contributed by atoms with Crippen LogP contribution in [0.25, 0.3) is 0 Å². The molecular weight excluding hydrogens is 264 g/mol. The molecule has 0 bridgehead atoms. The number of hydrogen-bond donors (Lipinski definition) is 3. The molecule has 0 spiro atoms. The average molecular weight is 286 g/mol. The van der Waals surface area contributed by atoms with Crippen molar-refractivity contribution < 1.29 is 4.79 Å². The second-order valence-corrected chi connectivity index (χ2v) is 5.25. The molecule has 1 aromatic heterocycles. The van der Waals surface area contributed by atoms with Gasteiger partial charge >= 0.3 is 0 Å². The Bertz CT molecular complexity index is 589. The molecule has 0 aliphatic rings. The molecular formula is C16H22N4O. The van der Waals surface area contributed by atoms with Crippen LogP contribution in [0.2, 0.25) is 0 Å². The van der Waals surface area contributed by atoms with E-state index in [-0.39, 0.29) is 5.91 Å². The summed E-state index contributed by atoms with van der Waals surface area (Å²) >= 11 is 0. The van der Waals surface area contributed by atoms with E-state index in [1.54, 1.807) is 12.1 Å². The molecule has 1 atom stereocenters. The van der Waals surface area contributed by atoms with E-state index in [2.05, 4.69) is 29.4 Å². The molecule has 1 heterocycles.